The average Bonchev–Trinajstić information content (AvgIpc) is 2.48. The predicted molar refractivity (Wildman–Crippen MR) is 90.1 cm³/mol. The van der Waals surface area contributed by atoms with E-state index in [-0.39, 0.29) is 12.4 Å². The number of carbonyl (C=O) groups is 1. The summed E-state index contributed by atoms with van der Waals surface area (Å²) in [4.78, 5) is 15.2. The van der Waals surface area contributed by atoms with E-state index in [1.165, 1.54) is 8.61 Å². The summed E-state index contributed by atoms with van der Waals surface area (Å²) in [7, 11) is -1.43. The minimum atomic E-state index is -3.42. The molecule has 1 N–H and O–H groups in total. The van der Waals surface area contributed by atoms with Gasteiger partial charge in [0.05, 0.1) is 0 Å². The summed E-state index contributed by atoms with van der Waals surface area (Å²) < 4.78 is 28.3. The molecule has 8 nitrogen and oxygen atoms in total. The Bertz CT molecular complexity index is 488. The summed E-state index contributed by atoms with van der Waals surface area (Å²) in [5.74, 6) is -0.835. The Labute approximate surface area is 144 Å². The van der Waals surface area contributed by atoms with E-state index in [1.807, 2.05) is 18.9 Å². The van der Waals surface area contributed by atoms with Crippen LogP contribution in [0.3, 0.4) is 0 Å². The summed E-state index contributed by atoms with van der Waals surface area (Å²) >= 11 is 0. The summed E-state index contributed by atoms with van der Waals surface area (Å²) in [6.45, 7) is 6.03. The molecule has 0 saturated carbocycles. The lowest BCUT2D eigenvalue weighted by molar-refractivity contribution is -0.143. The van der Waals surface area contributed by atoms with Crippen LogP contribution in [0.2, 0.25) is 0 Å². The molecule has 2 heterocycles. The van der Waals surface area contributed by atoms with E-state index in [4.69, 9.17) is 0 Å². The summed E-state index contributed by atoms with van der Waals surface area (Å²) in [6.07, 6.45) is 0.528. The van der Waals surface area contributed by atoms with E-state index in [0.29, 0.717) is 45.7 Å². The highest BCUT2D eigenvalue weighted by atomic mass is 35.5. The minimum Gasteiger partial charge on any atom is -0.480 e. The van der Waals surface area contributed by atoms with E-state index >= 15 is 0 Å². The van der Waals surface area contributed by atoms with Gasteiger partial charge in [-0.05, 0) is 13.5 Å². The first kappa shape index (κ1) is 20.6. The fourth-order valence-electron chi connectivity index (χ4n) is 3.02. The van der Waals surface area contributed by atoms with E-state index in [0.717, 1.165) is 13.1 Å². The van der Waals surface area contributed by atoms with Crippen molar-refractivity contribution in [1.29, 1.82) is 0 Å². The maximum atomic E-state index is 12.6. The first-order valence-electron chi connectivity index (χ1n) is 7.77. The third-order valence-electron chi connectivity index (χ3n) is 4.50. The number of hydrogen-bond donors (Lipinski definition) is 1. The number of carboxylic acid groups (broad SMARTS) is 1. The second kappa shape index (κ2) is 8.59. The fourth-order valence-corrected chi connectivity index (χ4v) is 4.59. The molecule has 2 aliphatic rings. The Kier molecular flexibility index (Phi) is 7.69. The first-order chi connectivity index (χ1) is 10.4. The highest BCUT2D eigenvalue weighted by molar-refractivity contribution is 7.86. The van der Waals surface area contributed by atoms with Gasteiger partial charge in [-0.3, -0.25) is 9.69 Å². The smallest absolute Gasteiger partial charge is 0.320 e. The third-order valence-corrected chi connectivity index (χ3v) is 6.54. The molecule has 10 heteroatoms. The van der Waals surface area contributed by atoms with E-state index in [1.54, 1.807) is 0 Å². The van der Waals surface area contributed by atoms with E-state index in [9.17, 15) is 18.3 Å². The minimum absolute atomic E-state index is 0. The summed E-state index contributed by atoms with van der Waals surface area (Å²) in [5.41, 5.74) is 0. The van der Waals surface area contributed by atoms with Crippen LogP contribution in [0.1, 0.15) is 13.3 Å². The zero-order chi connectivity index (χ0) is 16.3. The van der Waals surface area contributed by atoms with Crippen molar-refractivity contribution in [2.24, 2.45) is 0 Å². The van der Waals surface area contributed by atoms with Crippen LogP contribution in [0.15, 0.2) is 0 Å². The van der Waals surface area contributed by atoms with Crippen molar-refractivity contribution in [2.45, 2.75) is 19.4 Å². The van der Waals surface area contributed by atoms with Crippen molar-refractivity contribution < 1.29 is 18.3 Å². The quantitative estimate of drug-likeness (QED) is 0.694. The van der Waals surface area contributed by atoms with Gasteiger partial charge in [-0.2, -0.15) is 17.0 Å². The highest BCUT2D eigenvalue weighted by Gasteiger charge is 2.35. The van der Waals surface area contributed by atoms with Gasteiger partial charge in [0.1, 0.15) is 6.04 Å². The van der Waals surface area contributed by atoms with Crippen LogP contribution < -0.4 is 0 Å². The summed E-state index contributed by atoms with van der Waals surface area (Å²) in [5, 5.41) is 9.19. The Balaban J connectivity index is 0.00000264. The van der Waals surface area contributed by atoms with Crippen molar-refractivity contribution in [2.75, 3.05) is 59.4 Å². The molecule has 136 valence electrons. The molecule has 23 heavy (non-hydrogen) atoms. The lowest BCUT2D eigenvalue weighted by atomic mass is 10.1. The van der Waals surface area contributed by atoms with Crippen LogP contribution in [0.5, 0.6) is 0 Å². The van der Waals surface area contributed by atoms with Crippen molar-refractivity contribution in [1.82, 2.24) is 18.4 Å². The molecule has 0 aromatic carbocycles. The van der Waals surface area contributed by atoms with Crippen LogP contribution >= 0.6 is 12.4 Å². The van der Waals surface area contributed by atoms with Crippen LogP contribution in [0.4, 0.5) is 0 Å². The van der Waals surface area contributed by atoms with Crippen molar-refractivity contribution in [3.05, 3.63) is 0 Å². The SMILES string of the molecule is CCC(C(=O)O)N1CCN(S(=O)(=O)N2CCN(C)CC2)CC1.Cl. The number of halogens is 1. The lowest BCUT2D eigenvalue weighted by Gasteiger charge is -2.40. The highest BCUT2D eigenvalue weighted by Crippen LogP contribution is 2.16. The Morgan fingerprint density at radius 1 is 1.00 bits per heavy atom. The molecule has 0 aromatic rings. The number of nitrogens with zero attached hydrogens (tertiary/aromatic N) is 4. The number of hydrogen-bond acceptors (Lipinski definition) is 5. The van der Waals surface area contributed by atoms with Crippen LogP contribution in [0.25, 0.3) is 0 Å². The molecule has 1 unspecified atom stereocenters. The number of aliphatic carboxylic acids is 1. The second-order valence-electron chi connectivity index (χ2n) is 5.91. The Morgan fingerprint density at radius 2 is 1.43 bits per heavy atom. The van der Waals surface area contributed by atoms with Gasteiger partial charge < -0.3 is 10.0 Å². The number of carboxylic acids is 1. The molecule has 0 bridgehead atoms. The predicted octanol–water partition coefficient (Wildman–Crippen LogP) is -0.619. The van der Waals surface area contributed by atoms with Crippen LogP contribution in [0, 0.1) is 0 Å². The fraction of sp³-hybridized carbons (Fsp3) is 0.923. The van der Waals surface area contributed by atoms with E-state index < -0.39 is 22.2 Å². The molecule has 0 amide bonds. The molecular formula is C13H27ClN4O4S. The van der Waals surface area contributed by atoms with Gasteiger partial charge in [0.25, 0.3) is 10.2 Å². The average molecular weight is 371 g/mol. The van der Waals surface area contributed by atoms with Gasteiger partial charge in [-0.15, -0.1) is 12.4 Å². The normalized spacial score (nSPS) is 24.1. The third kappa shape index (κ3) is 4.77. The molecule has 0 aromatic heterocycles. The summed E-state index contributed by atoms with van der Waals surface area (Å²) in [6, 6.07) is -0.520. The van der Waals surface area contributed by atoms with Gasteiger partial charge in [0, 0.05) is 52.4 Å². The Morgan fingerprint density at radius 3 is 1.83 bits per heavy atom. The second-order valence-corrected chi connectivity index (χ2v) is 7.84. The van der Waals surface area contributed by atoms with Crippen LogP contribution in [-0.2, 0) is 15.0 Å². The molecule has 2 fully saturated rings. The molecule has 0 spiro atoms. The number of rotatable bonds is 5. The topological polar surface area (TPSA) is 84.4 Å². The van der Waals surface area contributed by atoms with Gasteiger partial charge >= 0.3 is 5.97 Å². The van der Waals surface area contributed by atoms with Gasteiger partial charge in [-0.1, -0.05) is 6.92 Å². The van der Waals surface area contributed by atoms with Crippen molar-refractivity contribution in [3.63, 3.8) is 0 Å². The van der Waals surface area contributed by atoms with Crippen molar-refractivity contribution >= 4 is 28.6 Å². The van der Waals surface area contributed by atoms with Gasteiger partial charge in [0.2, 0.25) is 0 Å². The lowest BCUT2D eigenvalue weighted by Crippen LogP contribution is -2.58. The first-order valence-corrected chi connectivity index (χ1v) is 9.16. The van der Waals surface area contributed by atoms with Crippen LogP contribution in [-0.4, -0.2) is 103 Å². The largest absolute Gasteiger partial charge is 0.480 e. The van der Waals surface area contributed by atoms with Gasteiger partial charge in [0.15, 0.2) is 0 Å². The molecule has 2 rings (SSSR count). The van der Waals surface area contributed by atoms with Crippen molar-refractivity contribution in [3.8, 4) is 0 Å². The maximum Gasteiger partial charge on any atom is 0.320 e. The molecule has 2 aliphatic heterocycles. The Hall–Kier alpha value is -0.450. The molecule has 2 saturated heterocycles. The van der Waals surface area contributed by atoms with E-state index in [2.05, 4.69) is 4.90 Å². The maximum absolute atomic E-state index is 12.6. The number of piperazine rings is 2. The van der Waals surface area contributed by atoms with Gasteiger partial charge in [-0.25, -0.2) is 0 Å². The molecule has 1 atom stereocenters. The zero-order valence-corrected chi connectivity index (χ0v) is 15.4. The molecular weight excluding hydrogens is 344 g/mol. The number of likely N-dealkylation sites (N-methyl/N-ethyl adjacent to an activating group) is 1. The zero-order valence-electron chi connectivity index (χ0n) is 13.7. The molecule has 0 aliphatic carbocycles. The molecule has 0 radical (unpaired) electrons. The monoisotopic (exact) mass is 370 g/mol. The standard InChI is InChI=1S/C13H26N4O4S.ClH/c1-3-12(13(18)19)15-6-10-17(11-7-15)22(20,21)16-8-4-14(2)5-9-16;/h12H,3-11H2,1-2H3,(H,18,19);1H.